The van der Waals surface area contributed by atoms with Crippen LogP contribution < -0.4 is 11.1 Å². The number of hydrogen-bond donors (Lipinski definition) is 2. The lowest BCUT2D eigenvalue weighted by Crippen LogP contribution is -2.48. The first-order chi connectivity index (χ1) is 9.47. The number of amides is 2. The fourth-order valence-corrected chi connectivity index (χ4v) is 2.99. The predicted molar refractivity (Wildman–Crippen MR) is 83.2 cm³/mol. The van der Waals surface area contributed by atoms with Crippen molar-refractivity contribution < 1.29 is 9.59 Å². The number of thiocarbonyl (C=S) groups is 1. The third kappa shape index (κ3) is 3.69. The van der Waals surface area contributed by atoms with Crippen LogP contribution in [0.1, 0.15) is 46.0 Å². The van der Waals surface area contributed by atoms with E-state index in [1.54, 1.807) is 0 Å². The number of nitrogens with two attached hydrogens (primary N) is 1. The number of hydrogen-bond acceptors (Lipinski definition) is 3. The first-order valence-corrected chi connectivity index (χ1v) is 7.74. The van der Waals surface area contributed by atoms with Crippen LogP contribution in [0.2, 0.25) is 0 Å². The quantitative estimate of drug-likeness (QED) is 0.693. The van der Waals surface area contributed by atoms with Crippen LogP contribution in [-0.4, -0.2) is 41.3 Å². The molecular weight excluding hydrogens is 274 g/mol. The molecule has 1 aliphatic heterocycles. The van der Waals surface area contributed by atoms with Gasteiger partial charge in [0.25, 0.3) is 0 Å². The lowest BCUT2D eigenvalue weighted by Gasteiger charge is -2.29. The molecule has 1 rings (SSSR count). The molecular formula is C14H25N3O2S. The maximum Gasteiger partial charge on any atom is 0.233 e. The van der Waals surface area contributed by atoms with Crippen molar-refractivity contribution in [2.24, 2.45) is 11.1 Å². The molecule has 6 heteroatoms. The van der Waals surface area contributed by atoms with Crippen LogP contribution in [0, 0.1) is 5.41 Å². The van der Waals surface area contributed by atoms with E-state index in [-0.39, 0.29) is 16.8 Å². The molecule has 0 aromatic carbocycles. The van der Waals surface area contributed by atoms with Crippen molar-refractivity contribution in [1.82, 2.24) is 10.2 Å². The monoisotopic (exact) mass is 299 g/mol. The van der Waals surface area contributed by atoms with E-state index in [0.717, 1.165) is 25.9 Å². The third-order valence-corrected chi connectivity index (χ3v) is 4.59. The second-order valence-electron chi connectivity index (χ2n) is 5.25. The van der Waals surface area contributed by atoms with Gasteiger partial charge in [-0.15, -0.1) is 0 Å². The Bertz CT molecular complexity index is 375. The van der Waals surface area contributed by atoms with Gasteiger partial charge in [0.15, 0.2) is 0 Å². The minimum Gasteiger partial charge on any atom is -0.392 e. The van der Waals surface area contributed by atoms with E-state index in [1.807, 2.05) is 18.7 Å². The minimum absolute atomic E-state index is 0.108. The molecule has 1 saturated heterocycles. The largest absolute Gasteiger partial charge is 0.392 e. The highest BCUT2D eigenvalue weighted by Crippen LogP contribution is 2.27. The fourth-order valence-electron chi connectivity index (χ4n) is 2.61. The smallest absolute Gasteiger partial charge is 0.233 e. The standard InChI is InChI=1S/C14H25N3O2S/c1-3-14(4-2,12(15)20)13(19)16-8-7-11(18)17-9-5-6-10-17/h3-10H2,1-2H3,(H2,15,20)(H,16,19). The molecule has 0 aromatic rings. The summed E-state index contributed by atoms with van der Waals surface area (Å²) in [5, 5.41) is 2.81. The van der Waals surface area contributed by atoms with Crippen molar-refractivity contribution in [3.8, 4) is 0 Å². The summed E-state index contributed by atoms with van der Waals surface area (Å²) in [7, 11) is 0. The van der Waals surface area contributed by atoms with Gasteiger partial charge in [0.2, 0.25) is 11.8 Å². The number of nitrogens with zero attached hydrogens (tertiary/aromatic N) is 1. The Labute approximate surface area is 126 Å². The first kappa shape index (κ1) is 16.9. The average Bonchev–Trinajstić information content (AvgIpc) is 2.94. The SMILES string of the molecule is CCC(CC)(C(=O)NCCC(=O)N1CCCC1)C(N)=S. The topological polar surface area (TPSA) is 75.4 Å². The van der Waals surface area contributed by atoms with Crippen molar-refractivity contribution >= 4 is 29.0 Å². The molecule has 1 fully saturated rings. The number of nitrogens with one attached hydrogen (secondary N) is 1. The number of rotatable bonds is 7. The van der Waals surface area contributed by atoms with Crippen LogP contribution in [0.25, 0.3) is 0 Å². The molecule has 0 bridgehead atoms. The molecule has 0 radical (unpaired) electrons. The summed E-state index contributed by atoms with van der Waals surface area (Å²) >= 11 is 5.03. The molecule has 0 saturated carbocycles. The molecule has 1 heterocycles. The highest BCUT2D eigenvalue weighted by Gasteiger charge is 2.37. The van der Waals surface area contributed by atoms with Crippen LogP contribution in [0.5, 0.6) is 0 Å². The minimum atomic E-state index is -0.786. The average molecular weight is 299 g/mol. The molecule has 0 atom stereocenters. The van der Waals surface area contributed by atoms with Crippen LogP contribution in [0.4, 0.5) is 0 Å². The zero-order valence-corrected chi connectivity index (χ0v) is 13.2. The molecule has 0 aliphatic carbocycles. The van der Waals surface area contributed by atoms with Crippen molar-refractivity contribution in [2.45, 2.75) is 46.0 Å². The van der Waals surface area contributed by atoms with Crippen molar-refractivity contribution in [2.75, 3.05) is 19.6 Å². The lowest BCUT2D eigenvalue weighted by molar-refractivity contribution is -0.130. The van der Waals surface area contributed by atoms with Gasteiger partial charge in [-0.1, -0.05) is 26.1 Å². The number of likely N-dealkylation sites (tertiary alicyclic amines) is 1. The van der Waals surface area contributed by atoms with Gasteiger partial charge in [-0.25, -0.2) is 0 Å². The van der Waals surface area contributed by atoms with Crippen LogP contribution >= 0.6 is 12.2 Å². The summed E-state index contributed by atoms with van der Waals surface area (Å²) in [5.41, 5.74) is 4.93. The number of carbonyl (C=O) groups excluding carboxylic acids is 2. The van der Waals surface area contributed by atoms with E-state index in [0.29, 0.717) is 25.8 Å². The summed E-state index contributed by atoms with van der Waals surface area (Å²) in [6.45, 7) is 5.83. The van der Waals surface area contributed by atoms with E-state index < -0.39 is 5.41 Å². The second-order valence-corrected chi connectivity index (χ2v) is 5.69. The molecule has 114 valence electrons. The van der Waals surface area contributed by atoms with Crippen LogP contribution in [-0.2, 0) is 9.59 Å². The molecule has 0 unspecified atom stereocenters. The Balaban J connectivity index is 2.45. The third-order valence-electron chi connectivity index (χ3n) is 4.20. The highest BCUT2D eigenvalue weighted by atomic mass is 32.1. The second kappa shape index (κ2) is 7.57. The van der Waals surface area contributed by atoms with Crippen molar-refractivity contribution in [1.29, 1.82) is 0 Å². The van der Waals surface area contributed by atoms with E-state index in [4.69, 9.17) is 18.0 Å². The Morgan fingerprint density at radius 3 is 2.25 bits per heavy atom. The van der Waals surface area contributed by atoms with Crippen molar-refractivity contribution in [3.63, 3.8) is 0 Å². The van der Waals surface area contributed by atoms with Crippen LogP contribution in [0.15, 0.2) is 0 Å². The van der Waals surface area contributed by atoms with Gasteiger partial charge < -0.3 is 16.0 Å². The predicted octanol–water partition coefficient (Wildman–Crippen LogP) is 1.21. The summed E-state index contributed by atoms with van der Waals surface area (Å²) in [4.78, 5) is 26.2. The van der Waals surface area contributed by atoms with Gasteiger partial charge in [0, 0.05) is 26.1 Å². The summed E-state index contributed by atoms with van der Waals surface area (Å²) in [6, 6.07) is 0. The van der Waals surface area contributed by atoms with Gasteiger partial charge in [0.1, 0.15) is 0 Å². The fraction of sp³-hybridized carbons (Fsp3) is 0.786. The van der Waals surface area contributed by atoms with Gasteiger partial charge >= 0.3 is 0 Å². The lowest BCUT2D eigenvalue weighted by atomic mass is 9.81. The van der Waals surface area contributed by atoms with E-state index in [2.05, 4.69) is 5.32 Å². The first-order valence-electron chi connectivity index (χ1n) is 7.34. The molecule has 0 aromatic heterocycles. The van der Waals surface area contributed by atoms with Gasteiger partial charge in [-0.2, -0.15) is 0 Å². The maximum atomic E-state index is 12.3. The summed E-state index contributed by atoms with van der Waals surface area (Å²) < 4.78 is 0. The Hall–Kier alpha value is -1.17. The van der Waals surface area contributed by atoms with E-state index in [1.165, 1.54) is 0 Å². The number of carbonyl (C=O) groups is 2. The van der Waals surface area contributed by atoms with E-state index >= 15 is 0 Å². The summed E-state index contributed by atoms with van der Waals surface area (Å²) in [5.74, 6) is -0.0547. The van der Waals surface area contributed by atoms with Gasteiger partial charge in [-0.3, -0.25) is 9.59 Å². The maximum absolute atomic E-state index is 12.3. The Kier molecular flexibility index (Phi) is 6.39. The molecule has 1 aliphatic rings. The molecule has 0 spiro atoms. The molecule has 2 amide bonds. The zero-order valence-electron chi connectivity index (χ0n) is 12.4. The van der Waals surface area contributed by atoms with Gasteiger partial charge in [0.05, 0.1) is 10.4 Å². The molecule has 5 nitrogen and oxygen atoms in total. The van der Waals surface area contributed by atoms with E-state index in [9.17, 15) is 9.59 Å². The van der Waals surface area contributed by atoms with Crippen molar-refractivity contribution in [3.05, 3.63) is 0 Å². The normalized spacial score (nSPS) is 15.2. The molecule has 20 heavy (non-hydrogen) atoms. The van der Waals surface area contributed by atoms with Gasteiger partial charge in [-0.05, 0) is 25.7 Å². The summed E-state index contributed by atoms with van der Waals surface area (Å²) in [6.07, 6.45) is 3.64. The van der Waals surface area contributed by atoms with Crippen LogP contribution in [0.3, 0.4) is 0 Å². The zero-order chi connectivity index (χ0) is 15.2. The molecule has 3 N–H and O–H groups in total. The highest BCUT2D eigenvalue weighted by molar-refractivity contribution is 7.80. The Morgan fingerprint density at radius 1 is 1.25 bits per heavy atom. The Morgan fingerprint density at radius 2 is 1.80 bits per heavy atom.